The van der Waals surface area contributed by atoms with Gasteiger partial charge in [-0.3, -0.25) is 4.98 Å². The van der Waals surface area contributed by atoms with Crippen molar-refractivity contribution in [2.24, 2.45) is 0 Å². The highest BCUT2D eigenvalue weighted by molar-refractivity contribution is 7.14. The van der Waals surface area contributed by atoms with Gasteiger partial charge in [-0.2, -0.15) is 0 Å². The molecule has 0 spiro atoms. The van der Waals surface area contributed by atoms with Gasteiger partial charge in [-0.05, 0) is 17.7 Å². The number of carbonyl (C=O) groups excluding carboxylic acids is 1. The van der Waals surface area contributed by atoms with E-state index in [4.69, 9.17) is 10.5 Å². The molecule has 0 fully saturated rings. The van der Waals surface area contributed by atoms with E-state index in [0.29, 0.717) is 10.6 Å². The largest absolute Gasteiger partial charge is 0.465 e. The Morgan fingerprint density at radius 1 is 1.44 bits per heavy atom. The molecule has 0 saturated heterocycles. The molecule has 2 heterocycles. The Kier molecular flexibility index (Phi) is 2.87. The van der Waals surface area contributed by atoms with Crippen LogP contribution in [0.4, 0.5) is 5.00 Å². The summed E-state index contributed by atoms with van der Waals surface area (Å²) in [5.74, 6) is -0.412. The zero-order valence-corrected chi connectivity index (χ0v) is 9.45. The molecule has 0 aromatic carbocycles. The van der Waals surface area contributed by atoms with Crippen molar-refractivity contribution in [1.29, 1.82) is 0 Å². The number of hydrogen-bond donors (Lipinski definition) is 1. The monoisotopic (exact) mass is 234 g/mol. The predicted octanol–water partition coefficient (Wildman–Crippen LogP) is 2.18. The molecule has 0 radical (unpaired) electrons. The highest BCUT2D eigenvalue weighted by atomic mass is 32.1. The molecular weight excluding hydrogens is 224 g/mol. The number of esters is 1. The van der Waals surface area contributed by atoms with E-state index in [1.807, 2.05) is 17.5 Å². The van der Waals surface area contributed by atoms with Gasteiger partial charge in [0.2, 0.25) is 0 Å². The van der Waals surface area contributed by atoms with Crippen molar-refractivity contribution in [2.45, 2.75) is 0 Å². The lowest BCUT2D eigenvalue weighted by Gasteiger charge is -2.03. The van der Waals surface area contributed by atoms with Crippen LogP contribution in [0.2, 0.25) is 0 Å². The molecule has 0 amide bonds. The average molecular weight is 234 g/mol. The van der Waals surface area contributed by atoms with Crippen LogP contribution in [0.15, 0.2) is 29.9 Å². The minimum atomic E-state index is -0.412. The van der Waals surface area contributed by atoms with Gasteiger partial charge in [0.1, 0.15) is 10.6 Å². The fraction of sp³-hybridized carbons (Fsp3) is 0.0909. The Balaban J connectivity index is 2.55. The van der Waals surface area contributed by atoms with Crippen LogP contribution >= 0.6 is 11.3 Å². The Morgan fingerprint density at radius 2 is 2.12 bits per heavy atom. The van der Waals surface area contributed by atoms with Crippen LogP contribution in [0.25, 0.3) is 11.1 Å². The lowest BCUT2D eigenvalue weighted by Crippen LogP contribution is -2.04. The third-order valence-corrected chi connectivity index (χ3v) is 3.01. The number of carbonyl (C=O) groups is 1. The van der Waals surface area contributed by atoms with Crippen LogP contribution < -0.4 is 5.73 Å². The summed E-state index contributed by atoms with van der Waals surface area (Å²) in [6.07, 6.45) is 3.34. The van der Waals surface area contributed by atoms with Crippen molar-refractivity contribution in [3.63, 3.8) is 0 Å². The Morgan fingerprint density at radius 3 is 2.75 bits per heavy atom. The number of hydrogen-bond acceptors (Lipinski definition) is 5. The second-order valence-electron chi connectivity index (χ2n) is 3.12. The van der Waals surface area contributed by atoms with Crippen LogP contribution in [-0.4, -0.2) is 18.1 Å². The maximum Gasteiger partial charge on any atom is 0.341 e. The molecule has 2 rings (SSSR count). The molecule has 0 saturated carbocycles. The first-order valence-electron chi connectivity index (χ1n) is 4.59. The predicted molar refractivity (Wildman–Crippen MR) is 63.3 cm³/mol. The summed E-state index contributed by atoms with van der Waals surface area (Å²) in [5.41, 5.74) is 7.88. The van der Waals surface area contributed by atoms with Crippen LogP contribution in [0.3, 0.4) is 0 Å². The van der Waals surface area contributed by atoms with Crippen molar-refractivity contribution < 1.29 is 9.53 Å². The molecular formula is C11H10N2O2S. The fourth-order valence-electron chi connectivity index (χ4n) is 1.43. The van der Waals surface area contributed by atoms with E-state index in [9.17, 15) is 4.79 Å². The number of pyridine rings is 1. The van der Waals surface area contributed by atoms with E-state index < -0.39 is 5.97 Å². The normalized spacial score (nSPS) is 10.1. The zero-order valence-electron chi connectivity index (χ0n) is 8.64. The number of nitrogens with two attached hydrogens (primary N) is 1. The fourth-order valence-corrected chi connectivity index (χ4v) is 2.24. The molecule has 2 N–H and O–H groups in total. The van der Waals surface area contributed by atoms with Crippen LogP contribution in [0.1, 0.15) is 10.4 Å². The Labute approximate surface area is 96.7 Å². The molecule has 4 nitrogen and oxygen atoms in total. The van der Waals surface area contributed by atoms with Crippen molar-refractivity contribution in [3.8, 4) is 11.1 Å². The molecule has 0 bridgehead atoms. The van der Waals surface area contributed by atoms with Gasteiger partial charge in [0.05, 0.1) is 7.11 Å². The number of anilines is 1. The van der Waals surface area contributed by atoms with Gasteiger partial charge in [0.15, 0.2) is 0 Å². The van der Waals surface area contributed by atoms with Gasteiger partial charge in [-0.15, -0.1) is 11.3 Å². The van der Waals surface area contributed by atoms with E-state index in [1.165, 1.54) is 18.4 Å². The van der Waals surface area contributed by atoms with E-state index in [2.05, 4.69) is 4.98 Å². The first-order chi connectivity index (χ1) is 7.74. The Bertz CT molecular complexity index is 508. The number of ether oxygens (including phenoxy) is 1. The Hall–Kier alpha value is -1.88. The van der Waals surface area contributed by atoms with Gasteiger partial charge in [0, 0.05) is 23.3 Å². The minimum Gasteiger partial charge on any atom is -0.465 e. The second kappa shape index (κ2) is 4.32. The lowest BCUT2D eigenvalue weighted by atomic mass is 10.1. The molecule has 5 heteroatoms. The van der Waals surface area contributed by atoms with Crippen LogP contribution in [0.5, 0.6) is 0 Å². The molecule has 82 valence electrons. The lowest BCUT2D eigenvalue weighted by molar-refractivity contribution is 0.0603. The third-order valence-electron chi connectivity index (χ3n) is 2.20. The number of thiophene rings is 1. The summed E-state index contributed by atoms with van der Waals surface area (Å²) in [6.45, 7) is 0. The van der Waals surface area contributed by atoms with Gasteiger partial charge < -0.3 is 10.5 Å². The quantitative estimate of drug-likeness (QED) is 0.809. The van der Waals surface area contributed by atoms with Crippen molar-refractivity contribution >= 4 is 22.3 Å². The third kappa shape index (κ3) is 1.77. The van der Waals surface area contributed by atoms with E-state index in [0.717, 1.165) is 11.1 Å². The first kappa shape index (κ1) is 10.6. The smallest absolute Gasteiger partial charge is 0.341 e. The molecule has 2 aromatic rings. The maximum atomic E-state index is 11.6. The van der Waals surface area contributed by atoms with Crippen molar-refractivity contribution in [1.82, 2.24) is 4.98 Å². The van der Waals surface area contributed by atoms with Crippen molar-refractivity contribution in [2.75, 3.05) is 12.8 Å². The second-order valence-corrected chi connectivity index (χ2v) is 4.03. The topological polar surface area (TPSA) is 65.2 Å². The highest BCUT2D eigenvalue weighted by Crippen LogP contribution is 2.33. The number of aromatic nitrogens is 1. The summed E-state index contributed by atoms with van der Waals surface area (Å²) < 4.78 is 4.71. The SMILES string of the molecule is COC(=O)c1c(-c2ccncc2)csc1N. The van der Waals surface area contributed by atoms with E-state index in [1.54, 1.807) is 12.4 Å². The summed E-state index contributed by atoms with van der Waals surface area (Å²) >= 11 is 1.33. The van der Waals surface area contributed by atoms with Gasteiger partial charge in [-0.25, -0.2) is 4.79 Å². The molecule has 16 heavy (non-hydrogen) atoms. The zero-order chi connectivity index (χ0) is 11.5. The molecule has 2 aromatic heterocycles. The standard InChI is InChI=1S/C11H10N2O2S/c1-15-11(14)9-8(6-16-10(9)12)7-2-4-13-5-3-7/h2-6H,12H2,1H3. The number of nitrogen functional groups attached to an aromatic ring is 1. The molecule has 0 aliphatic carbocycles. The summed E-state index contributed by atoms with van der Waals surface area (Å²) in [6, 6.07) is 3.65. The average Bonchev–Trinajstić information content (AvgIpc) is 2.71. The van der Waals surface area contributed by atoms with Crippen molar-refractivity contribution in [3.05, 3.63) is 35.5 Å². The van der Waals surface area contributed by atoms with Crippen LogP contribution in [-0.2, 0) is 4.74 Å². The van der Waals surface area contributed by atoms with E-state index in [-0.39, 0.29) is 0 Å². The van der Waals surface area contributed by atoms with Crippen LogP contribution in [0, 0.1) is 0 Å². The molecule has 0 atom stereocenters. The number of rotatable bonds is 2. The summed E-state index contributed by atoms with van der Waals surface area (Å²) in [7, 11) is 1.34. The molecule has 0 unspecified atom stereocenters. The minimum absolute atomic E-state index is 0.412. The molecule has 0 aliphatic rings. The number of nitrogens with zero attached hydrogens (tertiary/aromatic N) is 1. The maximum absolute atomic E-state index is 11.6. The van der Waals surface area contributed by atoms with E-state index >= 15 is 0 Å². The summed E-state index contributed by atoms with van der Waals surface area (Å²) in [4.78, 5) is 15.5. The van der Waals surface area contributed by atoms with Gasteiger partial charge >= 0.3 is 5.97 Å². The first-order valence-corrected chi connectivity index (χ1v) is 5.47. The number of methoxy groups -OCH3 is 1. The summed E-state index contributed by atoms with van der Waals surface area (Å²) in [5, 5.41) is 2.32. The molecule has 0 aliphatic heterocycles. The van der Waals surface area contributed by atoms with Gasteiger partial charge in [-0.1, -0.05) is 0 Å². The highest BCUT2D eigenvalue weighted by Gasteiger charge is 2.18. The van der Waals surface area contributed by atoms with Gasteiger partial charge in [0.25, 0.3) is 0 Å².